The van der Waals surface area contributed by atoms with Crippen LogP contribution in [0.4, 0.5) is 0 Å². The van der Waals surface area contributed by atoms with Gasteiger partial charge in [-0.2, -0.15) is 0 Å². The van der Waals surface area contributed by atoms with E-state index in [1.54, 1.807) is 45.0 Å². The summed E-state index contributed by atoms with van der Waals surface area (Å²) in [5, 5.41) is 8.41. The molecule has 0 aliphatic heterocycles. The molecule has 2 rings (SSSR count). The molecule has 0 bridgehead atoms. The van der Waals surface area contributed by atoms with Crippen LogP contribution in [0.15, 0.2) is 28.7 Å². The highest BCUT2D eigenvalue weighted by molar-refractivity contribution is 6.30. The number of carbonyl (C=O) groups is 1. The fourth-order valence-corrected chi connectivity index (χ4v) is 1.87. The lowest BCUT2D eigenvalue weighted by Crippen LogP contribution is -2.25. The number of nitrogens with zero attached hydrogens (tertiary/aromatic N) is 2. The Kier molecular flexibility index (Phi) is 5.03. The van der Waals surface area contributed by atoms with Crippen LogP contribution in [0.2, 0.25) is 5.02 Å². The van der Waals surface area contributed by atoms with E-state index in [0.29, 0.717) is 17.4 Å². The molecule has 0 saturated heterocycles. The Morgan fingerprint density at radius 2 is 1.95 bits per heavy atom. The van der Waals surface area contributed by atoms with E-state index in [1.807, 2.05) is 0 Å². The van der Waals surface area contributed by atoms with E-state index in [2.05, 4.69) is 10.2 Å². The van der Waals surface area contributed by atoms with Gasteiger partial charge in [0.1, 0.15) is 12.2 Å². The first kappa shape index (κ1) is 16.3. The summed E-state index contributed by atoms with van der Waals surface area (Å²) in [7, 11) is 0. The summed E-state index contributed by atoms with van der Waals surface area (Å²) in [5.41, 5.74) is -0.840. The van der Waals surface area contributed by atoms with Gasteiger partial charge in [-0.1, -0.05) is 11.6 Å². The maximum Gasteiger partial charge on any atom is 0.315 e. The second-order valence-electron chi connectivity index (χ2n) is 5.05. The molecule has 1 heterocycles. The fourth-order valence-electron chi connectivity index (χ4n) is 1.74. The summed E-state index contributed by atoms with van der Waals surface area (Å²) < 4.78 is 16.2. The van der Waals surface area contributed by atoms with Crippen LogP contribution in [0.5, 0.6) is 5.75 Å². The summed E-state index contributed by atoms with van der Waals surface area (Å²) in [4.78, 5) is 11.4. The molecule has 0 spiro atoms. The number of benzene rings is 1. The Hall–Kier alpha value is -2.08. The third-order valence-corrected chi connectivity index (χ3v) is 3.02. The molecule has 0 saturated carbocycles. The van der Waals surface area contributed by atoms with Crippen molar-refractivity contribution in [2.75, 3.05) is 6.61 Å². The Labute approximate surface area is 133 Å². The van der Waals surface area contributed by atoms with Gasteiger partial charge in [0.05, 0.1) is 6.61 Å². The van der Waals surface area contributed by atoms with Gasteiger partial charge in [-0.3, -0.25) is 4.79 Å². The van der Waals surface area contributed by atoms with Gasteiger partial charge in [0.2, 0.25) is 5.89 Å². The molecule has 0 amide bonds. The van der Waals surface area contributed by atoms with E-state index >= 15 is 0 Å². The van der Waals surface area contributed by atoms with Crippen LogP contribution in [-0.4, -0.2) is 22.8 Å². The minimum atomic E-state index is -0.840. The van der Waals surface area contributed by atoms with Gasteiger partial charge in [0.15, 0.2) is 5.60 Å². The molecule has 2 aromatic rings. The molecule has 7 heteroatoms. The van der Waals surface area contributed by atoms with Gasteiger partial charge in [-0.25, -0.2) is 0 Å². The number of hydrogen-bond acceptors (Lipinski definition) is 6. The van der Waals surface area contributed by atoms with Gasteiger partial charge in [0.25, 0.3) is 5.89 Å². The normalized spacial score (nSPS) is 11.3. The van der Waals surface area contributed by atoms with Crippen molar-refractivity contribution in [2.24, 2.45) is 0 Å². The van der Waals surface area contributed by atoms with Crippen molar-refractivity contribution < 1.29 is 18.7 Å². The number of carbonyl (C=O) groups excluding carboxylic acids is 1. The quantitative estimate of drug-likeness (QED) is 0.760. The number of esters is 1. The molecule has 0 radical (unpaired) electrons. The van der Waals surface area contributed by atoms with Crippen LogP contribution in [0, 0.1) is 0 Å². The largest absolute Gasteiger partial charge is 0.478 e. The molecule has 0 aliphatic rings. The molecular formula is C15H17ClN2O4. The maximum atomic E-state index is 11.4. The maximum absolute atomic E-state index is 11.4. The Morgan fingerprint density at radius 1 is 1.27 bits per heavy atom. The van der Waals surface area contributed by atoms with Crippen molar-refractivity contribution >= 4 is 17.6 Å². The third-order valence-electron chi connectivity index (χ3n) is 2.77. The summed E-state index contributed by atoms with van der Waals surface area (Å²) >= 11 is 5.84. The van der Waals surface area contributed by atoms with Crippen molar-refractivity contribution in [2.45, 2.75) is 32.8 Å². The van der Waals surface area contributed by atoms with Gasteiger partial charge in [-0.05, 0) is 45.0 Å². The minimum Gasteiger partial charge on any atom is -0.478 e. The smallest absolute Gasteiger partial charge is 0.315 e. The van der Waals surface area contributed by atoms with E-state index in [4.69, 9.17) is 25.5 Å². The predicted molar refractivity (Wildman–Crippen MR) is 79.7 cm³/mol. The van der Waals surface area contributed by atoms with Gasteiger partial charge in [0, 0.05) is 5.02 Å². The first-order valence-corrected chi connectivity index (χ1v) is 7.21. The van der Waals surface area contributed by atoms with Crippen molar-refractivity contribution in [1.82, 2.24) is 10.2 Å². The SMILES string of the molecule is CCOC(=O)Cc1nnc(C(C)(C)Oc2ccc(Cl)cc2)o1. The monoisotopic (exact) mass is 324 g/mol. The van der Waals surface area contributed by atoms with Gasteiger partial charge in [-0.15, -0.1) is 10.2 Å². The van der Waals surface area contributed by atoms with Crippen LogP contribution in [0.25, 0.3) is 0 Å². The third kappa shape index (κ3) is 4.21. The lowest BCUT2D eigenvalue weighted by atomic mass is 10.1. The molecule has 22 heavy (non-hydrogen) atoms. The summed E-state index contributed by atoms with van der Waals surface area (Å²) in [6, 6.07) is 6.96. The summed E-state index contributed by atoms with van der Waals surface area (Å²) in [6.45, 7) is 5.64. The van der Waals surface area contributed by atoms with Crippen LogP contribution in [0.3, 0.4) is 0 Å². The first-order valence-electron chi connectivity index (χ1n) is 6.84. The van der Waals surface area contributed by atoms with Crippen LogP contribution < -0.4 is 4.74 Å². The zero-order valence-electron chi connectivity index (χ0n) is 12.6. The Bertz CT molecular complexity index is 637. The molecule has 0 N–H and O–H groups in total. The topological polar surface area (TPSA) is 74.5 Å². The fraction of sp³-hybridized carbons (Fsp3) is 0.400. The number of aromatic nitrogens is 2. The zero-order valence-corrected chi connectivity index (χ0v) is 13.4. The highest BCUT2D eigenvalue weighted by atomic mass is 35.5. The molecule has 1 aromatic heterocycles. The van der Waals surface area contributed by atoms with Gasteiger partial charge < -0.3 is 13.9 Å². The Balaban J connectivity index is 2.07. The zero-order chi connectivity index (χ0) is 16.2. The van der Waals surface area contributed by atoms with Crippen molar-refractivity contribution in [1.29, 1.82) is 0 Å². The highest BCUT2D eigenvalue weighted by Gasteiger charge is 2.30. The summed E-state index contributed by atoms with van der Waals surface area (Å²) in [5.74, 6) is 0.691. The second-order valence-corrected chi connectivity index (χ2v) is 5.49. The lowest BCUT2D eigenvalue weighted by Gasteiger charge is -2.22. The Morgan fingerprint density at radius 3 is 2.59 bits per heavy atom. The molecule has 118 valence electrons. The number of ether oxygens (including phenoxy) is 2. The van der Waals surface area contributed by atoms with E-state index in [-0.39, 0.29) is 18.2 Å². The van der Waals surface area contributed by atoms with Crippen molar-refractivity contribution in [3.8, 4) is 5.75 Å². The lowest BCUT2D eigenvalue weighted by molar-refractivity contribution is -0.142. The van der Waals surface area contributed by atoms with E-state index in [1.165, 1.54) is 0 Å². The van der Waals surface area contributed by atoms with Crippen LogP contribution in [-0.2, 0) is 21.6 Å². The van der Waals surface area contributed by atoms with Crippen LogP contribution >= 0.6 is 11.6 Å². The first-order chi connectivity index (χ1) is 10.4. The molecule has 0 aliphatic carbocycles. The highest BCUT2D eigenvalue weighted by Crippen LogP contribution is 2.27. The van der Waals surface area contributed by atoms with Crippen molar-refractivity contribution in [3.05, 3.63) is 41.1 Å². The van der Waals surface area contributed by atoms with E-state index in [9.17, 15) is 4.79 Å². The average molecular weight is 325 g/mol. The minimum absolute atomic E-state index is 0.0577. The van der Waals surface area contributed by atoms with Crippen molar-refractivity contribution in [3.63, 3.8) is 0 Å². The molecule has 0 atom stereocenters. The van der Waals surface area contributed by atoms with Crippen LogP contribution in [0.1, 0.15) is 32.6 Å². The molecular weight excluding hydrogens is 308 g/mol. The summed E-state index contributed by atoms with van der Waals surface area (Å²) in [6.07, 6.45) is -0.0577. The number of rotatable bonds is 6. The molecule has 1 aromatic carbocycles. The molecule has 6 nitrogen and oxygen atoms in total. The average Bonchev–Trinajstić information content (AvgIpc) is 2.91. The molecule has 0 fully saturated rings. The standard InChI is InChI=1S/C15H17ClN2O4/c1-4-20-13(19)9-12-17-18-14(21-12)15(2,3)22-11-7-5-10(16)6-8-11/h5-8H,4,9H2,1-3H3. The van der Waals surface area contributed by atoms with E-state index in [0.717, 1.165) is 0 Å². The molecule has 0 unspecified atom stereocenters. The predicted octanol–water partition coefficient (Wildman–Crippen LogP) is 3.14. The second kappa shape index (κ2) is 6.79. The van der Waals surface area contributed by atoms with E-state index < -0.39 is 11.6 Å². The number of halogens is 1. The number of hydrogen-bond donors (Lipinski definition) is 0. The van der Waals surface area contributed by atoms with Gasteiger partial charge >= 0.3 is 5.97 Å².